The molecule has 0 saturated heterocycles. The van der Waals surface area contributed by atoms with Gasteiger partial charge in [-0.05, 0) is 49.7 Å². The Morgan fingerprint density at radius 3 is 2.52 bits per heavy atom. The molecule has 4 rings (SSSR count). The van der Waals surface area contributed by atoms with Crippen molar-refractivity contribution in [3.05, 3.63) is 75.3 Å². The fraction of sp³-hybridized carbons (Fsp3) is 0.130. The van der Waals surface area contributed by atoms with Gasteiger partial charge in [0.2, 0.25) is 5.89 Å². The van der Waals surface area contributed by atoms with Gasteiger partial charge in [-0.15, -0.1) is 0 Å². The molecule has 31 heavy (non-hydrogen) atoms. The number of aryl methyl sites for hydroxylation is 2. The number of fused-ring (bicyclic) bond motifs is 1. The standard InChI is InChI=1S/C23H19N3O5/c1-13-6-14(2)8-15(7-13)23-25-19-10-17(4-5-20(19)31-23)24-12-16-9-18(26(28)29)11-21(30-3)22(16)27/h4-12,27H,1-3H3/p-1. The fourth-order valence-electron chi connectivity index (χ4n) is 3.32. The van der Waals surface area contributed by atoms with E-state index in [1.807, 2.05) is 26.0 Å². The number of hydrogen-bond donors (Lipinski definition) is 0. The molecule has 3 aromatic carbocycles. The molecule has 4 aromatic rings. The van der Waals surface area contributed by atoms with E-state index in [0.29, 0.717) is 22.7 Å². The van der Waals surface area contributed by atoms with Gasteiger partial charge in [-0.3, -0.25) is 15.1 Å². The molecule has 0 N–H and O–H groups in total. The smallest absolute Gasteiger partial charge is 0.273 e. The lowest BCUT2D eigenvalue weighted by Crippen LogP contribution is -2.02. The molecule has 8 heteroatoms. The van der Waals surface area contributed by atoms with Gasteiger partial charge in [0.15, 0.2) is 5.58 Å². The lowest BCUT2D eigenvalue weighted by atomic mass is 10.1. The zero-order chi connectivity index (χ0) is 22.1. The van der Waals surface area contributed by atoms with E-state index in [2.05, 4.69) is 16.0 Å². The number of aliphatic imine (C=N–C) groups is 1. The quantitative estimate of drug-likeness (QED) is 0.261. The molecule has 0 spiro atoms. The monoisotopic (exact) mass is 416 g/mol. The molecular formula is C23H18N3O5-. The van der Waals surface area contributed by atoms with Crippen molar-refractivity contribution in [2.45, 2.75) is 13.8 Å². The van der Waals surface area contributed by atoms with Crippen LogP contribution in [0.25, 0.3) is 22.6 Å². The number of hydrogen-bond acceptors (Lipinski definition) is 7. The van der Waals surface area contributed by atoms with Crippen molar-refractivity contribution in [2.75, 3.05) is 7.11 Å². The summed E-state index contributed by atoms with van der Waals surface area (Å²) in [7, 11) is 1.28. The predicted octanol–water partition coefficient (Wildman–Crippen LogP) is 4.85. The van der Waals surface area contributed by atoms with Crippen LogP contribution in [0.1, 0.15) is 16.7 Å². The van der Waals surface area contributed by atoms with Gasteiger partial charge in [0.05, 0.1) is 23.8 Å². The Morgan fingerprint density at radius 1 is 1.10 bits per heavy atom. The molecule has 0 fully saturated rings. The minimum atomic E-state index is -0.588. The minimum Gasteiger partial charge on any atom is -0.870 e. The Morgan fingerprint density at radius 2 is 1.84 bits per heavy atom. The second kappa shape index (κ2) is 7.91. The van der Waals surface area contributed by atoms with Crippen LogP contribution in [-0.2, 0) is 0 Å². The number of ether oxygens (including phenoxy) is 1. The first kappa shape index (κ1) is 20.1. The van der Waals surface area contributed by atoms with Crippen LogP contribution in [0, 0.1) is 24.0 Å². The van der Waals surface area contributed by atoms with E-state index < -0.39 is 10.7 Å². The average Bonchev–Trinajstić information content (AvgIpc) is 3.15. The van der Waals surface area contributed by atoms with Crippen LogP contribution in [0.4, 0.5) is 11.4 Å². The van der Waals surface area contributed by atoms with E-state index in [9.17, 15) is 15.2 Å². The molecule has 8 nitrogen and oxygen atoms in total. The normalized spacial score (nSPS) is 11.3. The lowest BCUT2D eigenvalue weighted by Gasteiger charge is -2.14. The highest BCUT2D eigenvalue weighted by Crippen LogP contribution is 2.32. The summed E-state index contributed by atoms with van der Waals surface area (Å²) in [4.78, 5) is 19.4. The first-order valence-corrected chi connectivity index (χ1v) is 9.41. The number of benzene rings is 3. The highest BCUT2D eigenvalue weighted by molar-refractivity contribution is 5.89. The first-order valence-electron chi connectivity index (χ1n) is 9.41. The summed E-state index contributed by atoms with van der Waals surface area (Å²) < 4.78 is 10.8. The minimum absolute atomic E-state index is 0.0576. The highest BCUT2D eigenvalue weighted by atomic mass is 16.6. The number of rotatable bonds is 5. The van der Waals surface area contributed by atoms with Gasteiger partial charge in [-0.2, -0.15) is 0 Å². The van der Waals surface area contributed by atoms with Crippen molar-refractivity contribution in [3.63, 3.8) is 0 Å². The fourth-order valence-corrected chi connectivity index (χ4v) is 3.32. The summed E-state index contributed by atoms with van der Waals surface area (Å²) in [5.41, 5.74) is 4.67. The average molecular weight is 416 g/mol. The molecule has 1 heterocycles. The van der Waals surface area contributed by atoms with Crippen LogP contribution in [-0.4, -0.2) is 23.2 Å². The number of aromatic nitrogens is 1. The number of oxazole rings is 1. The van der Waals surface area contributed by atoms with Gasteiger partial charge in [-0.1, -0.05) is 22.9 Å². The molecule has 0 aliphatic heterocycles. The number of nitro groups is 1. The number of nitrogens with zero attached hydrogens (tertiary/aromatic N) is 3. The van der Waals surface area contributed by atoms with Crippen LogP contribution in [0.15, 0.2) is 57.9 Å². The Kier molecular flexibility index (Phi) is 5.12. The van der Waals surface area contributed by atoms with Gasteiger partial charge in [0.1, 0.15) is 11.3 Å². The zero-order valence-electron chi connectivity index (χ0n) is 17.1. The zero-order valence-corrected chi connectivity index (χ0v) is 17.1. The Bertz CT molecular complexity index is 1320. The van der Waals surface area contributed by atoms with Crippen molar-refractivity contribution >= 4 is 28.7 Å². The molecule has 0 atom stereocenters. The van der Waals surface area contributed by atoms with Crippen molar-refractivity contribution in [3.8, 4) is 23.0 Å². The van der Waals surface area contributed by atoms with E-state index in [0.717, 1.165) is 22.8 Å². The third kappa shape index (κ3) is 4.09. The van der Waals surface area contributed by atoms with Gasteiger partial charge in [0.25, 0.3) is 5.69 Å². The summed E-state index contributed by atoms with van der Waals surface area (Å²) in [6.07, 6.45) is 1.28. The summed E-state index contributed by atoms with van der Waals surface area (Å²) in [6.45, 7) is 4.03. The summed E-state index contributed by atoms with van der Waals surface area (Å²) >= 11 is 0. The van der Waals surface area contributed by atoms with E-state index in [4.69, 9.17) is 9.15 Å². The highest BCUT2D eigenvalue weighted by Gasteiger charge is 2.12. The van der Waals surface area contributed by atoms with Crippen LogP contribution in [0.2, 0.25) is 0 Å². The van der Waals surface area contributed by atoms with E-state index in [1.54, 1.807) is 18.2 Å². The predicted molar refractivity (Wildman–Crippen MR) is 115 cm³/mol. The second-order valence-corrected chi connectivity index (χ2v) is 7.13. The largest absolute Gasteiger partial charge is 0.870 e. The van der Waals surface area contributed by atoms with Crippen molar-refractivity contribution in [1.29, 1.82) is 0 Å². The lowest BCUT2D eigenvalue weighted by molar-refractivity contribution is -0.385. The Hall–Kier alpha value is -4.20. The molecule has 0 radical (unpaired) electrons. The van der Waals surface area contributed by atoms with Crippen LogP contribution in [0.5, 0.6) is 11.5 Å². The van der Waals surface area contributed by atoms with Gasteiger partial charge in [-0.25, -0.2) is 4.98 Å². The molecular weight excluding hydrogens is 398 g/mol. The second-order valence-electron chi connectivity index (χ2n) is 7.13. The molecule has 0 aliphatic rings. The SMILES string of the molecule is COc1cc([N+](=O)[O-])cc(C=Nc2ccc3oc(-c4cc(C)cc(C)c4)nc3c2)c1[O-]. The van der Waals surface area contributed by atoms with Crippen molar-refractivity contribution in [2.24, 2.45) is 4.99 Å². The van der Waals surface area contributed by atoms with E-state index in [-0.39, 0.29) is 17.0 Å². The molecule has 0 bridgehead atoms. The summed E-state index contributed by atoms with van der Waals surface area (Å²) in [6, 6.07) is 13.5. The molecule has 156 valence electrons. The van der Waals surface area contributed by atoms with Crippen LogP contribution in [0.3, 0.4) is 0 Å². The topological polar surface area (TPSA) is 114 Å². The maximum atomic E-state index is 12.4. The molecule has 0 unspecified atom stereocenters. The molecule has 1 aromatic heterocycles. The first-order chi connectivity index (χ1) is 14.8. The van der Waals surface area contributed by atoms with Gasteiger partial charge >= 0.3 is 0 Å². The number of methoxy groups -OCH3 is 1. The molecule has 0 amide bonds. The van der Waals surface area contributed by atoms with Crippen LogP contribution >= 0.6 is 0 Å². The number of non-ortho nitro benzene ring substituents is 1. The Labute approximate surface area is 177 Å². The maximum absolute atomic E-state index is 12.4. The van der Waals surface area contributed by atoms with Crippen molar-refractivity contribution in [1.82, 2.24) is 4.98 Å². The van der Waals surface area contributed by atoms with E-state index >= 15 is 0 Å². The van der Waals surface area contributed by atoms with Crippen molar-refractivity contribution < 1.29 is 19.2 Å². The van der Waals surface area contributed by atoms with E-state index in [1.165, 1.54) is 19.4 Å². The third-order valence-corrected chi connectivity index (χ3v) is 4.69. The number of nitro benzene ring substituents is 1. The summed E-state index contributed by atoms with van der Waals surface area (Å²) in [5, 5.41) is 23.5. The maximum Gasteiger partial charge on any atom is 0.273 e. The third-order valence-electron chi connectivity index (χ3n) is 4.69. The molecule has 0 aliphatic carbocycles. The van der Waals surface area contributed by atoms with Gasteiger partial charge in [0, 0.05) is 17.8 Å². The van der Waals surface area contributed by atoms with Gasteiger partial charge < -0.3 is 14.3 Å². The van der Waals surface area contributed by atoms with Crippen LogP contribution < -0.4 is 9.84 Å². The Balaban J connectivity index is 1.69. The summed E-state index contributed by atoms with van der Waals surface area (Å²) in [5.74, 6) is -0.0784. The molecule has 0 saturated carbocycles.